The molecule has 2 rings (SSSR count). The lowest BCUT2D eigenvalue weighted by Crippen LogP contribution is -2.25. The molecule has 0 N–H and O–H groups in total. The molecule has 0 spiro atoms. The molecule has 0 heterocycles. The minimum Gasteiger partial charge on any atom is -0.460 e. The zero-order valence-electron chi connectivity index (χ0n) is 15.2. The van der Waals surface area contributed by atoms with Gasteiger partial charge in [-0.1, -0.05) is 6.58 Å². The summed E-state index contributed by atoms with van der Waals surface area (Å²) < 4.78 is 10.8. The van der Waals surface area contributed by atoms with E-state index in [1.54, 1.807) is 6.92 Å². The van der Waals surface area contributed by atoms with E-state index >= 15 is 0 Å². The topological polar surface area (TPSA) is 84.0 Å². The number of rotatable bonds is 7. The Kier molecular flexibility index (Phi) is 8.07. The molecule has 6 nitrogen and oxygen atoms in total. The number of hydrogen-bond donors (Lipinski definition) is 0. The standard InChI is InChI=1S/C19H29N3O3/c1-14(2)19(23)25-12-11-24-18-9-7-17(8-10-18)22-21-16-5-3-15(13-20)4-6-16/h15-18H,1,3-12H2,2H3. The Labute approximate surface area is 150 Å². The van der Waals surface area contributed by atoms with Crippen molar-refractivity contribution in [2.45, 2.75) is 76.5 Å². The number of carbonyl (C=O) groups excluding carboxylic acids is 1. The molecule has 2 saturated carbocycles. The normalized spacial score (nSPS) is 29.9. The molecule has 2 fully saturated rings. The summed E-state index contributed by atoms with van der Waals surface area (Å²) in [5, 5.41) is 18.0. The lowest BCUT2D eigenvalue weighted by Gasteiger charge is -2.26. The number of azo groups is 1. The highest BCUT2D eigenvalue weighted by atomic mass is 16.6. The smallest absolute Gasteiger partial charge is 0.333 e. The van der Waals surface area contributed by atoms with Gasteiger partial charge in [-0.3, -0.25) is 0 Å². The van der Waals surface area contributed by atoms with Crippen LogP contribution in [0.25, 0.3) is 0 Å². The first-order valence-electron chi connectivity index (χ1n) is 9.32. The highest BCUT2D eigenvalue weighted by Gasteiger charge is 2.23. The number of nitrogens with zero attached hydrogens (tertiary/aromatic N) is 3. The number of carbonyl (C=O) groups is 1. The van der Waals surface area contributed by atoms with Crippen molar-refractivity contribution in [3.63, 3.8) is 0 Å². The predicted octanol–water partition coefficient (Wildman–Crippen LogP) is 3.97. The second-order valence-corrected chi connectivity index (χ2v) is 7.08. The van der Waals surface area contributed by atoms with Crippen LogP contribution >= 0.6 is 0 Å². The Balaban J connectivity index is 1.57. The Bertz CT molecular complexity index is 510. The molecule has 0 unspecified atom stereocenters. The monoisotopic (exact) mass is 347 g/mol. The van der Waals surface area contributed by atoms with Crippen molar-refractivity contribution >= 4 is 5.97 Å². The van der Waals surface area contributed by atoms with Crippen molar-refractivity contribution in [3.8, 4) is 6.07 Å². The van der Waals surface area contributed by atoms with Crippen molar-refractivity contribution in [2.24, 2.45) is 16.1 Å². The zero-order chi connectivity index (χ0) is 18.1. The van der Waals surface area contributed by atoms with Crippen molar-refractivity contribution in [3.05, 3.63) is 12.2 Å². The van der Waals surface area contributed by atoms with E-state index in [0.717, 1.165) is 51.4 Å². The van der Waals surface area contributed by atoms with E-state index < -0.39 is 0 Å². The molecule has 138 valence electrons. The van der Waals surface area contributed by atoms with Crippen LogP contribution in [0.15, 0.2) is 22.4 Å². The largest absolute Gasteiger partial charge is 0.460 e. The summed E-state index contributed by atoms with van der Waals surface area (Å²) in [6, 6.07) is 2.96. The Morgan fingerprint density at radius 3 is 2.12 bits per heavy atom. The van der Waals surface area contributed by atoms with Gasteiger partial charge < -0.3 is 9.47 Å². The summed E-state index contributed by atoms with van der Waals surface area (Å²) in [7, 11) is 0. The summed E-state index contributed by atoms with van der Waals surface area (Å²) in [6.45, 7) is 5.88. The first-order valence-corrected chi connectivity index (χ1v) is 9.32. The molecule has 0 aliphatic heterocycles. The minimum atomic E-state index is -0.364. The Hall–Kier alpha value is -1.74. The second kappa shape index (κ2) is 10.3. The fourth-order valence-corrected chi connectivity index (χ4v) is 3.31. The average Bonchev–Trinajstić information content (AvgIpc) is 2.64. The van der Waals surface area contributed by atoms with Gasteiger partial charge in [0.25, 0.3) is 0 Å². The fourth-order valence-electron chi connectivity index (χ4n) is 3.31. The van der Waals surface area contributed by atoms with Crippen LogP contribution in [0.1, 0.15) is 58.3 Å². The minimum absolute atomic E-state index is 0.216. The maximum Gasteiger partial charge on any atom is 0.333 e. The molecular weight excluding hydrogens is 318 g/mol. The summed E-state index contributed by atoms with van der Waals surface area (Å²) in [4.78, 5) is 11.3. The second-order valence-electron chi connectivity index (χ2n) is 7.08. The van der Waals surface area contributed by atoms with Crippen molar-refractivity contribution in [1.82, 2.24) is 0 Å². The molecule has 25 heavy (non-hydrogen) atoms. The van der Waals surface area contributed by atoms with Gasteiger partial charge in [0.15, 0.2) is 0 Å². The zero-order valence-corrected chi connectivity index (χ0v) is 15.2. The quantitative estimate of drug-likeness (QED) is 0.302. The SMILES string of the molecule is C=C(C)C(=O)OCCOC1CCC(N=NC2CCC(C#N)CC2)CC1. The van der Waals surface area contributed by atoms with Crippen LogP contribution in [0, 0.1) is 17.2 Å². The lowest BCUT2D eigenvalue weighted by molar-refractivity contribution is -0.141. The van der Waals surface area contributed by atoms with Crippen LogP contribution in [0.4, 0.5) is 0 Å². The van der Waals surface area contributed by atoms with E-state index in [0.29, 0.717) is 24.3 Å². The van der Waals surface area contributed by atoms with Gasteiger partial charge in [0.2, 0.25) is 0 Å². The molecule has 0 aromatic rings. The summed E-state index contributed by atoms with van der Waals surface area (Å²) in [5.41, 5.74) is 0.409. The number of ether oxygens (including phenoxy) is 2. The van der Waals surface area contributed by atoms with Crippen LogP contribution in [-0.4, -0.2) is 37.4 Å². The van der Waals surface area contributed by atoms with E-state index in [1.807, 2.05) is 0 Å². The van der Waals surface area contributed by atoms with E-state index in [4.69, 9.17) is 14.7 Å². The van der Waals surface area contributed by atoms with Gasteiger partial charge in [-0.2, -0.15) is 15.5 Å². The van der Waals surface area contributed by atoms with Gasteiger partial charge in [0, 0.05) is 11.5 Å². The predicted molar refractivity (Wildman–Crippen MR) is 94.0 cm³/mol. The molecule has 2 aliphatic carbocycles. The molecule has 0 atom stereocenters. The number of esters is 1. The van der Waals surface area contributed by atoms with Crippen molar-refractivity contribution in [1.29, 1.82) is 5.26 Å². The maximum atomic E-state index is 11.3. The molecule has 6 heteroatoms. The van der Waals surface area contributed by atoms with E-state index in [-0.39, 0.29) is 24.6 Å². The van der Waals surface area contributed by atoms with Crippen LogP contribution < -0.4 is 0 Å². The summed E-state index contributed by atoms with van der Waals surface area (Å²) >= 11 is 0. The van der Waals surface area contributed by atoms with Crippen LogP contribution in [0.5, 0.6) is 0 Å². The lowest BCUT2D eigenvalue weighted by atomic mass is 9.87. The molecule has 0 radical (unpaired) electrons. The van der Waals surface area contributed by atoms with E-state index in [2.05, 4.69) is 22.9 Å². The highest BCUT2D eigenvalue weighted by molar-refractivity contribution is 5.86. The van der Waals surface area contributed by atoms with E-state index in [9.17, 15) is 4.79 Å². The maximum absolute atomic E-state index is 11.3. The van der Waals surface area contributed by atoms with Gasteiger partial charge in [0.05, 0.1) is 30.9 Å². The van der Waals surface area contributed by atoms with Crippen LogP contribution in [0.3, 0.4) is 0 Å². The molecule has 2 aliphatic rings. The molecule has 0 aromatic carbocycles. The number of hydrogen-bond acceptors (Lipinski definition) is 6. The fraction of sp³-hybridized carbons (Fsp3) is 0.789. The third kappa shape index (κ3) is 6.95. The number of nitriles is 1. The Morgan fingerprint density at radius 2 is 1.60 bits per heavy atom. The summed E-state index contributed by atoms with van der Waals surface area (Å²) in [6.07, 6.45) is 8.04. The molecule has 0 bridgehead atoms. The first kappa shape index (κ1) is 19.6. The van der Waals surface area contributed by atoms with Crippen molar-refractivity contribution < 1.29 is 14.3 Å². The third-order valence-corrected chi connectivity index (χ3v) is 4.93. The van der Waals surface area contributed by atoms with Gasteiger partial charge in [-0.25, -0.2) is 4.79 Å². The molecule has 0 aromatic heterocycles. The molecule has 0 amide bonds. The van der Waals surface area contributed by atoms with Gasteiger partial charge in [-0.15, -0.1) is 0 Å². The first-order chi connectivity index (χ1) is 12.1. The van der Waals surface area contributed by atoms with Crippen molar-refractivity contribution in [2.75, 3.05) is 13.2 Å². The van der Waals surface area contributed by atoms with Gasteiger partial charge in [0.1, 0.15) is 6.61 Å². The van der Waals surface area contributed by atoms with Crippen LogP contribution in [-0.2, 0) is 14.3 Å². The van der Waals surface area contributed by atoms with Gasteiger partial charge >= 0.3 is 5.97 Å². The van der Waals surface area contributed by atoms with E-state index in [1.165, 1.54) is 0 Å². The van der Waals surface area contributed by atoms with Gasteiger partial charge in [-0.05, 0) is 58.3 Å². The Morgan fingerprint density at radius 1 is 1.04 bits per heavy atom. The summed E-state index contributed by atoms with van der Waals surface area (Å²) in [5.74, 6) is -0.148. The average molecular weight is 347 g/mol. The highest BCUT2D eigenvalue weighted by Crippen LogP contribution is 2.28. The molecule has 0 saturated heterocycles. The molecular formula is C19H29N3O3. The van der Waals surface area contributed by atoms with Crippen LogP contribution in [0.2, 0.25) is 0 Å². The third-order valence-electron chi connectivity index (χ3n) is 4.93.